The number of carbonyl (C=O) groups excluding carboxylic acids is 2. The predicted octanol–water partition coefficient (Wildman–Crippen LogP) is 4.92. The number of ether oxygens (including phenoxy) is 1. The molecule has 9 heteroatoms. The van der Waals surface area contributed by atoms with E-state index in [1.165, 1.54) is 12.1 Å². The number of nitrogens with one attached hydrogen (secondary N) is 1. The van der Waals surface area contributed by atoms with Crippen LogP contribution in [-0.4, -0.2) is 46.2 Å². The predicted molar refractivity (Wildman–Crippen MR) is 131 cm³/mol. The van der Waals surface area contributed by atoms with E-state index in [9.17, 15) is 14.0 Å². The minimum atomic E-state index is -0.706. The van der Waals surface area contributed by atoms with Crippen LogP contribution in [0.1, 0.15) is 50.5 Å². The molecular formula is C27H31FN4O4. The van der Waals surface area contributed by atoms with Gasteiger partial charge in [0.05, 0.1) is 5.92 Å². The number of hydrogen-bond donors (Lipinski definition) is 1. The number of rotatable bonds is 8. The van der Waals surface area contributed by atoms with Crippen molar-refractivity contribution in [3.8, 4) is 11.4 Å². The third-order valence-corrected chi connectivity index (χ3v) is 6.57. The van der Waals surface area contributed by atoms with Gasteiger partial charge in [-0.1, -0.05) is 67.9 Å². The van der Waals surface area contributed by atoms with Crippen LogP contribution >= 0.6 is 0 Å². The van der Waals surface area contributed by atoms with Crippen molar-refractivity contribution in [1.29, 1.82) is 0 Å². The lowest BCUT2D eigenvalue weighted by Gasteiger charge is -2.35. The summed E-state index contributed by atoms with van der Waals surface area (Å²) in [6.45, 7) is 5.02. The normalized spacial score (nSPS) is 17.3. The maximum atomic E-state index is 13.6. The van der Waals surface area contributed by atoms with Gasteiger partial charge < -0.3 is 19.5 Å². The fourth-order valence-electron chi connectivity index (χ4n) is 4.30. The second kappa shape index (κ2) is 11.8. The number of benzene rings is 2. The molecule has 8 nitrogen and oxygen atoms in total. The Morgan fingerprint density at radius 2 is 2.03 bits per heavy atom. The van der Waals surface area contributed by atoms with Crippen molar-refractivity contribution >= 4 is 12.0 Å². The molecule has 1 N–H and O–H groups in total. The molecule has 1 fully saturated rings. The Kier molecular flexibility index (Phi) is 8.30. The molecule has 190 valence electrons. The molecule has 0 bridgehead atoms. The summed E-state index contributed by atoms with van der Waals surface area (Å²) in [5, 5.41) is 6.79. The van der Waals surface area contributed by atoms with E-state index in [4.69, 9.17) is 9.26 Å². The number of nitrogens with zero attached hydrogens (tertiary/aromatic N) is 3. The molecule has 2 heterocycles. The van der Waals surface area contributed by atoms with Gasteiger partial charge in [0.1, 0.15) is 18.5 Å². The van der Waals surface area contributed by atoms with E-state index in [0.29, 0.717) is 36.8 Å². The van der Waals surface area contributed by atoms with Crippen LogP contribution in [0.2, 0.25) is 0 Å². The third kappa shape index (κ3) is 6.27. The van der Waals surface area contributed by atoms with Crippen molar-refractivity contribution in [3.05, 3.63) is 71.9 Å². The standard InChI is InChI=1S/C27H31FN4O4/c1-3-18(2)23(29-27(34)35-17-19-9-5-4-6-10-19)26(33)32-14-8-12-21(16-32)25-30-24(31-36-25)20-11-7-13-22(28)15-20/h4-7,9-11,13,15,18,21,23H,3,8,12,14,16-17H2,1-2H3,(H,29,34)/t18-,21?,23-/m0/s1. The number of amides is 2. The van der Waals surface area contributed by atoms with E-state index in [2.05, 4.69) is 15.5 Å². The van der Waals surface area contributed by atoms with Crippen LogP contribution in [0.5, 0.6) is 0 Å². The zero-order chi connectivity index (χ0) is 25.5. The molecule has 3 aromatic rings. The van der Waals surface area contributed by atoms with Gasteiger partial charge >= 0.3 is 6.09 Å². The quantitative estimate of drug-likeness (QED) is 0.477. The highest BCUT2D eigenvalue weighted by Crippen LogP contribution is 2.28. The van der Waals surface area contributed by atoms with Gasteiger partial charge in [0.2, 0.25) is 17.6 Å². The Morgan fingerprint density at radius 3 is 2.78 bits per heavy atom. The number of piperidine rings is 1. The van der Waals surface area contributed by atoms with Gasteiger partial charge in [-0.05, 0) is 36.5 Å². The van der Waals surface area contributed by atoms with Crippen LogP contribution in [0.15, 0.2) is 59.1 Å². The van der Waals surface area contributed by atoms with Crippen molar-refractivity contribution in [2.24, 2.45) is 5.92 Å². The second-order valence-corrected chi connectivity index (χ2v) is 9.16. The lowest BCUT2D eigenvalue weighted by Crippen LogP contribution is -2.53. The number of aromatic nitrogens is 2. The Morgan fingerprint density at radius 1 is 1.22 bits per heavy atom. The highest BCUT2D eigenvalue weighted by atomic mass is 19.1. The van der Waals surface area contributed by atoms with Gasteiger partial charge in [-0.25, -0.2) is 9.18 Å². The molecule has 0 saturated carbocycles. The maximum absolute atomic E-state index is 13.6. The molecule has 1 aliphatic heterocycles. The van der Waals surface area contributed by atoms with Crippen molar-refractivity contribution in [3.63, 3.8) is 0 Å². The second-order valence-electron chi connectivity index (χ2n) is 9.16. The van der Waals surface area contributed by atoms with Crippen LogP contribution in [0, 0.1) is 11.7 Å². The molecule has 1 aliphatic rings. The van der Waals surface area contributed by atoms with E-state index in [0.717, 1.165) is 18.4 Å². The fraction of sp³-hybridized carbons (Fsp3) is 0.407. The van der Waals surface area contributed by atoms with Gasteiger partial charge in [0, 0.05) is 18.7 Å². The average Bonchev–Trinajstić information content (AvgIpc) is 3.41. The van der Waals surface area contributed by atoms with Crippen molar-refractivity contribution in [2.75, 3.05) is 13.1 Å². The first-order valence-electron chi connectivity index (χ1n) is 12.3. The largest absolute Gasteiger partial charge is 0.445 e. The molecular weight excluding hydrogens is 463 g/mol. The molecule has 2 amide bonds. The number of hydrogen-bond acceptors (Lipinski definition) is 6. The van der Waals surface area contributed by atoms with E-state index in [-0.39, 0.29) is 30.2 Å². The molecule has 2 aromatic carbocycles. The molecule has 0 aliphatic carbocycles. The first-order chi connectivity index (χ1) is 17.4. The SMILES string of the molecule is CC[C@H](C)[C@H](NC(=O)OCc1ccccc1)C(=O)N1CCCC(c2nc(-c3cccc(F)c3)no2)C1. The van der Waals surface area contributed by atoms with Crippen molar-refractivity contribution in [2.45, 2.75) is 51.7 Å². The highest BCUT2D eigenvalue weighted by molar-refractivity contribution is 5.86. The van der Waals surface area contributed by atoms with Gasteiger partial charge in [-0.3, -0.25) is 4.79 Å². The van der Waals surface area contributed by atoms with E-state index in [1.807, 2.05) is 44.2 Å². The fourth-order valence-corrected chi connectivity index (χ4v) is 4.30. The maximum Gasteiger partial charge on any atom is 0.408 e. The lowest BCUT2D eigenvalue weighted by molar-refractivity contribution is -0.136. The molecule has 3 atom stereocenters. The van der Waals surface area contributed by atoms with Crippen molar-refractivity contribution in [1.82, 2.24) is 20.4 Å². The topological polar surface area (TPSA) is 97.6 Å². The number of carbonyl (C=O) groups is 2. The molecule has 36 heavy (non-hydrogen) atoms. The summed E-state index contributed by atoms with van der Waals surface area (Å²) in [7, 11) is 0. The zero-order valence-electron chi connectivity index (χ0n) is 20.5. The lowest BCUT2D eigenvalue weighted by atomic mass is 9.94. The third-order valence-electron chi connectivity index (χ3n) is 6.57. The smallest absolute Gasteiger partial charge is 0.408 e. The van der Waals surface area contributed by atoms with Crippen LogP contribution in [0.4, 0.5) is 9.18 Å². The first kappa shape index (κ1) is 25.3. The van der Waals surface area contributed by atoms with Gasteiger partial charge in [-0.2, -0.15) is 4.98 Å². The highest BCUT2D eigenvalue weighted by Gasteiger charge is 2.35. The molecule has 0 radical (unpaired) electrons. The minimum absolute atomic E-state index is 0.0786. The minimum Gasteiger partial charge on any atom is -0.445 e. The molecule has 1 saturated heterocycles. The average molecular weight is 495 g/mol. The summed E-state index contributed by atoms with van der Waals surface area (Å²) >= 11 is 0. The molecule has 4 rings (SSSR count). The van der Waals surface area contributed by atoms with Gasteiger partial charge in [0.25, 0.3) is 0 Å². The number of halogens is 1. The van der Waals surface area contributed by atoms with Crippen molar-refractivity contribution < 1.29 is 23.2 Å². The van der Waals surface area contributed by atoms with Crippen LogP contribution in [0.25, 0.3) is 11.4 Å². The Bertz CT molecular complexity index is 1170. The van der Waals surface area contributed by atoms with E-state index >= 15 is 0 Å². The van der Waals surface area contributed by atoms with E-state index < -0.39 is 12.1 Å². The summed E-state index contributed by atoms with van der Waals surface area (Å²) in [4.78, 5) is 32.2. The summed E-state index contributed by atoms with van der Waals surface area (Å²) < 4.78 is 24.4. The molecule has 1 unspecified atom stereocenters. The summed E-state index contributed by atoms with van der Waals surface area (Å²) in [6, 6.07) is 14.7. The summed E-state index contributed by atoms with van der Waals surface area (Å²) in [5.41, 5.74) is 1.40. The molecule has 0 spiro atoms. The number of likely N-dealkylation sites (tertiary alicyclic amines) is 1. The molecule has 1 aromatic heterocycles. The van der Waals surface area contributed by atoms with Crippen LogP contribution in [0.3, 0.4) is 0 Å². The Labute approximate surface area is 209 Å². The first-order valence-corrected chi connectivity index (χ1v) is 12.3. The van der Waals surface area contributed by atoms with E-state index in [1.54, 1.807) is 17.0 Å². The Hall–Kier alpha value is -3.75. The van der Waals surface area contributed by atoms with Gasteiger partial charge in [0.15, 0.2) is 0 Å². The Balaban J connectivity index is 1.40. The monoisotopic (exact) mass is 494 g/mol. The summed E-state index contributed by atoms with van der Waals surface area (Å²) in [5.74, 6) is -0.0182. The van der Waals surface area contributed by atoms with Crippen LogP contribution in [-0.2, 0) is 16.1 Å². The summed E-state index contributed by atoms with van der Waals surface area (Å²) in [6.07, 6.45) is 1.64. The zero-order valence-corrected chi connectivity index (χ0v) is 20.5. The van der Waals surface area contributed by atoms with Gasteiger partial charge in [-0.15, -0.1) is 0 Å². The van der Waals surface area contributed by atoms with Crippen LogP contribution < -0.4 is 5.32 Å². The number of alkyl carbamates (subject to hydrolysis) is 1.